The van der Waals surface area contributed by atoms with Gasteiger partial charge in [-0.2, -0.15) is 0 Å². The van der Waals surface area contributed by atoms with Gasteiger partial charge in [0, 0.05) is 0 Å². The van der Waals surface area contributed by atoms with Crippen LogP contribution < -0.4 is 0 Å². The summed E-state index contributed by atoms with van der Waals surface area (Å²) in [6.07, 6.45) is 6.21. The van der Waals surface area contributed by atoms with E-state index in [2.05, 4.69) is 6.92 Å². The Morgan fingerprint density at radius 3 is 1.82 bits per heavy atom. The molecule has 0 radical (unpaired) electrons. The van der Waals surface area contributed by atoms with Crippen molar-refractivity contribution in [1.82, 2.24) is 0 Å². The normalized spacial score (nSPS) is 39.0. The minimum atomic E-state index is 0. The molecule has 0 aliphatic heterocycles. The van der Waals surface area contributed by atoms with Gasteiger partial charge in [-0.05, 0) is 37.0 Å². The third-order valence-electron chi connectivity index (χ3n) is 3.09. The molecule has 11 heavy (non-hydrogen) atoms. The Bertz CT molecular complexity index is 94.2. The maximum Gasteiger partial charge on any atom is -0.0386 e. The van der Waals surface area contributed by atoms with E-state index in [0.717, 1.165) is 17.8 Å². The molecule has 0 aromatic carbocycles. The second-order valence-corrected chi connectivity index (χ2v) is 3.65. The summed E-state index contributed by atoms with van der Waals surface area (Å²) in [6.45, 7) is 6.42. The van der Waals surface area contributed by atoms with E-state index in [4.69, 9.17) is 0 Å². The summed E-state index contributed by atoms with van der Waals surface area (Å²) in [5.41, 5.74) is 0. The Morgan fingerprint density at radius 1 is 1.00 bits per heavy atom. The first kappa shape index (κ1) is 11.0. The minimum Gasteiger partial charge on any atom is -0.0776 e. The lowest BCUT2D eigenvalue weighted by Crippen LogP contribution is -2.04. The molecule has 2 bridgehead atoms. The summed E-state index contributed by atoms with van der Waals surface area (Å²) in [6, 6.07) is 0. The first-order valence-corrected chi connectivity index (χ1v) is 4.86. The van der Waals surface area contributed by atoms with Crippen molar-refractivity contribution in [3.63, 3.8) is 0 Å². The van der Waals surface area contributed by atoms with E-state index in [1.807, 2.05) is 13.8 Å². The van der Waals surface area contributed by atoms with Crippen molar-refractivity contribution in [2.45, 2.75) is 53.9 Å². The number of hydrogen-bond donors (Lipinski definition) is 0. The molecule has 0 saturated heterocycles. The van der Waals surface area contributed by atoms with Crippen LogP contribution in [0.1, 0.15) is 53.9 Å². The molecular weight excluding hydrogens is 132 g/mol. The fourth-order valence-corrected chi connectivity index (χ4v) is 2.56. The van der Waals surface area contributed by atoms with Crippen LogP contribution in [0, 0.1) is 17.8 Å². The molecule has 0 aromatic rings. The third-order valence-corrected chi connectivity index (χ3v) is 3.09. The maximum atomic E-state index is 2.42. The molecule has 0 aromatic heterocycles. The molecule has 0 heteroatoms. The highest BCUT2D eigenvalue weighted by atomic mass is 14.4. The molecule has 0 heterocycles. The predicted octanol–water partition coefficient (Wildman–Crippen LogP) is 4.10. The van der Waals surface area contributed by atoms with E-state index < -0.39 is 0 Å². The molecule has 3 atom stereocenters. The van der Waals surface area contributed by atoms with Crippen LogP contribution in [-0.2, 0) is 0 Å². The Labute approximate surface area is 72.4 Å². The van der Waals surface area contributed by atoms with Crippen LogP contribution in [0.25, 0.3) is 0 Å². The van der Waals surface area contributed by atoms with Gasteiger partial charge in [0.05, 0.1) is 0 Å². The molecule has 0 spiro atoms. The zero-order valence-corrected chi connectivity index (χ0v) is 7.56. The molecule has 0 N–H and O–H groups in total. The fourth-order valence-electron chi connectivity index (χ4n) is 2.56. The van der Waals surface area contributed by atoms with E-state index >= 15 is 0 Å². The van der Waals surface area contributed by atoms with Crippen LogP contribution in [0.4, 0.5) is 0 Å². The van der Waals surface area contributed by atoms with Crippen molar-refractivity contribution < 1.29 is 0 Å². The monoisotopic (exact) mass is 156 g/mol. The van der Waals surface area contributed by atoms with Gasteiger partial charge >= 0.3 is 0 Å². The lowest BCUT2D eigenvalue weighted by atomic mass is 9.91. The number of fused-ring (bicyclic) bond motifs is 2. The number of hydrogen-bond acceptors (Lipinski definition) is 0. The molecule has 68 valence electrons. The van der Waals surface area contributed by atoms with Crippen LogP contribution in [-0.4, -0.2) is 0 Å². The van der Waals surface area contributed by atoms with E-state index in [1.54, 1.807) is 25.7 Å². The third kappa shape index (κ3) is 2.21. The smallest absolute Gasteiger partial charge is 0.0386 e. The maximum absolute atomic E-state index is 2.42. The lowest BCUT2D eigenvalue weighted by molar-refractivity contribution is 0.360. The van der Waals surface area contributed by atoms with Crippen molar-refractivity contribution >= 4 is 0 Å². The minimum absolute atomic E-state index is 0. The summed E-state index contributed by atoms with van der Waals surface area (Å²) < 4.78 is 0. The predicted molar refractivity (Wildman–Crippen MR) is 52.7 cm³/mol. The summed E-state index contributed by atoms with van der Waals surface area (Å²) in [5, 5.41) is 0. The summed E-state index contributed by atoms with van der Waals surface area (Å²) in [7, 11) is 0. The van der Waals surface area contributed by atoms with Crippen LogP contribution in [0.5, 0.6) is 0 Å². The second-order valence-electron chi connectivity index (χ2n) is 3.65. The van der Waals surface area contributed by atoms with Gasteiger partial charge in [0.15, 0.2) is 0 Å². The van der Waals surface area contributed by atoms with Gasteiger partial charge in [-0.25, -0.2) is 0 Å². The van der Waals surface area contributed by atoms with Gasteiger partial charge in [-0.15, -0.1) is 0 Å². The Balaban J connectivity index is 0.000000311. The van der Waals surface area contributed by atoms with Gasteiger partial charge in [-0.1, -0.05) is 34.6 Å². The van der Waals surface area contributed by atoms with Crippen molar-refractivity contribution in [3.05, 3.63) is 0 Å². The van der Waals surface area contributed by atoms with Crippen molar-refractivity contribution in [3.8, 4) is 0 Å². The van der Waals surface area contributed by atoms with E-state index in [9.17, 15) is 0 Å². The summed E-state index contributed by atoms with van der Waals surface area (Å²) in [5.74, 6) is 3.36. The SMILES string of the molecule is C.CC.C[C@@H]1C[C@H]2CC[C@@H]1C2. The van der Waals surface area contributed by atoms with E-state index in [1.165, 1.54) is 0 Å². The summed E-state index contributed by atoms with van der Waals surface area (Å²) >= 11 is 0. The Morgan fingerprint density at radius 2 is 1.64 bits per heavy atom. The molecule has 0 nitrogen and oxygen atoms in total. The quantitative estimate of drug-likeness (QED) is 0.495. The van der Waals surface area contributed by atoms with Crippen LogP contribution in [0.2, 0.25) is 0 Å². The first-order valence-electron chi connectivity index (χ1n) is 4.86. The molecule has 0 amide bonds. The van der Waals surface area contributed by atoms with Gasteiger partial charge in [0.2, 0.25) is 0 Å². The zero-order valence-electron chi connectivity index (χ0n) is 7.56. The Kier molecular flexibility index (Phi) is 4.79. The highest BCUT2D eigenvalue weighted by Crippen LogP contribution is 2.47. The van der Waals surface area contributed by atoms with Crippen LogP contribution in [0.15, 0.2) is 0 Å². The summed E-state index contributed by atoms with van der Waals surface area (Å²) in [4.78, 5) is 0. The van der Waals surface area contributed by atoms with Crippen LogP contribution in [0.3, 0.4) is 0 Å². The standard InChI is InChI=1S/C8H14.C2H6.CH4/c1-6-4-7-2-3-8(6)5-7;1-2;/h6-8H,2-5H2,1H3;1-2H3;1H4/t6-,7-,8-;;/m1../s1. The van der Waals surface area contributed by atoms with Gasteiger partial charge in [0.25, 0.3) is 0 Å². The highest BCUT2D eigenvalue weighted by Gasteiger charge is 2.36. The molecule has 2 aliphatic carbocycles. The van der Waals surface area contributed by atoms with Crippen molar-refractivity contribution in [2.24, 2.45) is 17.8 Å². The molecule has 2 saturated carbocycles. The van der Waals surface area contributed by atoms with Crippen molar-refractivity contribution in [1.29, 1.82) is 0 Å². The average molecular weight is 156 g/mol. The topological polar surface area (TPSA) is 0 Å². The Hall–Kier alpha value is 0. The molecule has 2 fully saturated rings. The van der Waals surface area contributed by atoms with Crippen LogP contribution >= 0.6 is 0 Å². The molecule has 0 unspecified atom stereocenters. The highest BCUT2D eigenvalue weighted by molar-refractivity contribution is 4.87. The molecule has 2 aliphatic rings. The van der Waals surface area contributed by atoms with Gasteiger partial charge in [0.1, 0.15) is 0 Å². The number of rotatable bonds is 0. The van der Waals surface area contributed by atoms with Gasteiger partial charge < -0.3 is 0 Å². The van der Waals surface area contributed by atoms with Crippen molar-refractivity contribution in [2.75, 3.05) is 0 Å². The first-order chi connectivity index (χ1) is 4.86. The second kappa shape index (κ2) is 4.79. The zero-order chi connectivity index (χ0) is 7.56. The molecule has 2 rings (SSSR count). The largest absolute Gasteiger partial charge is 0.0776 e. The molecular formula is C11H24. The fraction of sp³-hybridized carbons (Fsp3) is 1.00. The average Bonchev–Trinajstić information content (AvgIpc) is 2.52. The van der Waals surface area contributed by atoms with E-state index in [0.29, 0.717) is 0 Å². The van der Waals surface area contributed by atoms with Gasteiger partial charge in [-0.3, -0.25) is 0 Å². The van der Waals surface area contributed by atoms with E-state index in [-0.39, 0.29) is 7.43 Å². The lowest BCUT2D eigenvalue weighted by Gasteiger charge is -2.15.